The minimum Gasteiger partial charge on any atom is -0.291 e. The summed E-state index contributed by atoms with van der Waals surface area (Å²) in [6.07, 6.45) is 5.37. The highest BCUT2D eigenvalue weighted by Gasteiger charge is 2.21. The van der Waals surface area contributed by atoms with Gasteiger partial charge in [-0.3, -0.25) is 4.79 Å². The van der Waals surface area contributed by atoms with Crippen LogP contribution in [-0.2, 0) is 0 Å². The molecule has 1 saturated carbocycles. The Morgan fingerprint density at radius 2 is 2.31 bits per heavy atom. The largest absolute Gasteiger partial charge is 0.291 e. The molecule has 13 heavy (non-hydrogen) atoms. The second-order valence-corrected chi connectivity index (χ2v) is 3.49. The molecule has 3 heteroatoms. The molecule has 0 aliphatic heterocycles. The molecular formula is C10H12N2O. The van der Waals surface area contributed by atoms with E-state index < -0.39 is 0 Å². The first-order valence-electron chi connectivity index (χ1n) is 4.61. The minimum atomic E-state index is -0.0545. The van der Waals surface area contributed by atoms with Crippen LogP contribution in [0, 0.1) is 0 Å². The van der Waals surface area contributed by atoms with E-state index in [1.54, 1.807) is 6.20 Å². The van der Waals surface area contributed by atoms with Gasteiger partial charge in [-0.15, -0.1) is 0 Å². The van der Waals surface area contributed by atoms with Crippen molar-refractivity contribution < 1.29 is 4.79 Å². The Balaban J connectivity index is 2.26. The summed E-state index contributed by atoms with van der Waals surface area (Å²) in [5.74, 6) is 0.867. The predicted octanol–water partition coefficient (Wildman–Crippen LogP) is 1.95. The van der Waals surface area contributed by atoms with Gasteiger partial charge in [0.2, 0.25) is 0 Å². The third kappa shape index (κ3) is 1.59. The summed E-state index contributed by atoms with van der Waals surface area (Å²) in [5, 5.41) is 0. The normalized spacial score (nSPS) is 16.7. The molecular weight excluding hydrogens is 164 g/mol. The Kier molecular flexibility index (Phi) is 2.08. The van der Waals surface area contributed by atoms with Crippen LogP contribution >= 0.6 is 0 Å². The van der Waals surface area contributed by atoms with Crippen LogP contribution in [-0.4, -0.2) is 15.8 Å². The summed E-state index contributed by atoms with van der Waals surface area (Å²) in [7, 11) is 0. The molecule has 0 atom stereocenters. The van der Waals surface area contributed by atoms with Crippen molar-refractivity contribution in [3.8, 4) is 0 Å². The lowest BCUT2D eigenvalue weighted by molar-refractivity contribution is 0.100. The zero-order valence-electron chi connectivity index (χ0n) is 7.66. The molecule has 2 rings (SSSR count). The molecule has 0 saturated heterocycles. The smallest absolute Gasteiger partial charge is 0.196 e. The first-order chi connectivity index (χ1) is 6.27. The number of nitrogens with zero attached hydrogens (tertiary/aromatic N) is 2. The summed E-state index contributed by atoms with van der Waals surface area (Å²) in [6.45, 7) is 1.50. The van der Waals surface area contributed by atoms with Gasteiger partial charge in [0.15, 0.2) is 11.6 Å². The molecule has 0 radical (unpaired) electrons. The van der Waals surface area contributed by atoms with Gasteiger partial charge in [0.25, 0.3) is 0 Å². The Morgan fingerprint density at radius 3 is 2.85 bits per heavy atom. The molecule has 0 spiro atoms. The predicted molar refractivity (Wildman–Crippen MR) is 48.6 cm³/mol. The molecule has 0 aromatic carbocycles. The standard InChI is InChI=1S/C10H12N2O/c1-7(13)10-11-6-5-9(12-10)8-3-2-4-8/h5-6,8H,2-4H2,1H3. The van der Waals surface area contributed by atoms with Crippen LogP contribution in [0.1, 0.15) is 48.4 Å². The van der Waals surface area contributed by atoms with Gasteiger partial charge < -0.3 is 0 Å². The quantitative estimate of drug-likeness (QED) is 0.647. The van der Waals surface area contributed by atoms with Gasteiger partial charge >= 0.3 is 0 Å². The lowest BCUT2D eigenvalue weighted by Gasteiger charge is -2.24. The maximum absolute atomic E-state index is 11.0. The third-order valence-corrected chi connectivity index (χ3v) is 2.52. The number of carbonyl (C=O) groups is 1. The van der Waals surface area contributed by atoms with E-state index in [0.717, 1.165) is 5.69 Å². The van der Waals surface area contributed by atoms with Crippen molar-refractivity contribution in [2.24, 2.45) is 0 Å². The highest BCUT2D eigenvalue weighted by Crippen LogP contribution is 2.34. The molecule has 1 heterocycles. The van der Waals surface area contributed by atoms with E-state index in [1.165, 1.54) is 26.2 Å². The molecule has 1 aliphatic carbocycles. The third-order valence-electron chi connectivity index (χ3n) is 2.52. The monoisotopic (exact) mass is 176 g/mol. The molecule has 3 nitrogen and oxygen atoms in total. The van der Waals surface area contributed by atoms with Gasteiger partial charge in [-0.1, -0.05) is 6.42 Å². The van der Waals surface area contributed by atoms with Crippen LogP contribution in [0.4, 0.5) is 0 Å². The summed E-state index contributed by atoms with van der Waals surface area (Å²) in [5.41, 5.74) is 1.03. The van der Waals surface area contributed by atoms with E-state index in [-0.39, 0.29) is 5.78 Å². The molecule has 0 N–H and O–H groups in total. The fraction of sp³-hybridized carbons (Fsp3) is 0.500. The highest BCUT2D eigenvalue weighted by atomic mass is 16.1. The molecule has 1 fully saturated rings. The summed E-state index contributed by atoms with van der Waals surface area (Å²) in [6, 6.07) is 1.91. The van der Waals surface area contributed by atoms with E-state index >= 15 is 0 Å². The van der Waals surface area contributed by atoms with Crippen LogP contribution in [0.3, 0.4) is 0 Å². The lowest BCUT2D eigenvalue weighted by Crippen LogP contribution is -2.13. The zero-order chi connectivity index (χ0) is 9.26. The number of Topliss-reactive ketones (excluding diaryl/α,β-unsaturated/α-hetero) is 1. The van der Waals surface area contributed by atoms with Gasteiger partial charge in [-0.2, -0.15) is 0 Å². The zero-order valence-corrected chi connectivity index (χ0v) is 7.66. The topological polar surface area (TPSA) is 42.9 Å². The van der Waals surface area contributed by atoms with Crippen LogP contribution in [0.2, 0.25) is 0 Å². The van der Waals surface area contributed by atoms with E-state index in [0.29, 0.717) is 11.7 Å². The van der Waals surface area contributed by atoms with Crippen molar-refractivity contribution in [1.82, 2.24) is 9.97 Å². The van der Waals surface area contributed by atoms with Gasteiger partial charge in [-0.25, -0.2) is 9.97 Å². The van der Waals surface area contributed by atoms with Crippen LogP contribution in [0.5, 0.6) is 0 Å². The number of hydrogen-bond acceptors (Lipinski definition) is 3. The second kappa shape index (κ2) is 3.24. The van der Waals surface area contributed by atoms with Gasteiger partial charge in [0.1, 0.15) is 0 Å². The number of aromatic nitrogens is 2. The number of hydrogen-bond donors (Lipinski definition) is 0. The first-order valence-corrected chi connectivity index (χ1v) is 4.61. The molecule has 68 valence electrons. The lowest BCUT2D eigenvalue weighted by atomic mass is 9.83. The highest BCUT2D eigenvalue weighted by molar-refractivity contribution is 5.90. The fourth-order valence-electron chi connectivity index (χ4n) is 1.47. The molecule has 0 amide bonds. The van der Waals surface area contributed by atoms with Crippen molar-refractivity contribution in [1.29, 1.82) is 0 Å². The summed E-state index contributed by atoms with van der Waals surface area (Å²) >= 11 is 0. The SMILES string of the molecule is CC(=O)c1nccc(C2CCC2)n1. The van der Waals surface area contributed by atoms with E-state index in [9.17, 15) is 4.79 Å². The average Bonchev–Trinajstić information content (AvgIpc) is 2.01. The Labute approximate surface area is 77.2 Å². The van der Waals surface area contributed by atoms with Crippen molar-refractivity contribution in [2.75, 3.05) is 0 Å². The van der Waals surface area contributed by atoms with E-state index in [2.05, 4.69) is 9.97 Å². The fourth-order valence-corrected chi connectivity index (χ4v) is 1.47. The number of ketones is 1. The molecule has 1 aromatic heterocycles. The van der Waals surface area contributed by atoms with E-state index in [4.69, 9.17) is 0 Å². The molecule has 1 aromatic rings. The Bertz CT molecular complexity index is 331. The van der Waals surface area contributed by atoms with Gasteiger partial charge in [0.05, 0.1) is 0 Å². The Hall–Kier alpha value is -1.25. The molecule has 0 bridgehead atoms. The first kappa shape index (κ1) is 8.35. The van der Waals surface area contributed by atoms with Gasteiger partial charge in [0, 0.05) is 24.7 Å². The maximum atomic E-state index is 11.0. The van der Waals surface area contributed by atoms with Crippen molar-refractivity contribution in [2.45, 2.75) is 32.1 Å². The summed E-state index contributed by atoms with van der Waals surface area (Å²) < 4.78 is 0. The van der Waals surface area contributed by atoms with Crippen molar-refractivity contribution in [3.05, 3.63) is 23.8 Å². The second-order valence-electron chi connectivity index (χ2n) is 3.49. The van der Waals surface area contributed by atoms with Gasteiger partial charge in [-0.05, 0) is 18.9 Å². The summed E-state index contributed by atoms with van der Waals surface area (Å²) in [4.78, 5) is 19.2. The minimum absolute atomic E-state index is 0.0545. The Morgan fingerprint density at radius 1 is 1.54 bits per heavy atom. The molecule has 1 aliphatic rings. The van der Waals surface area contributed by atoms with Crippen LogP contribution in [0.25, 0.3) is 0 Å². The van der Waals surface area contributed by atoms with Crippen LogP contribution < -0.4 is 0 Å². The number of rotatable bonds is 2. The van der Waals surface area contributed by atoms with Crippen molar-refractivity contribution >= 4 is 5.78 Å². The molecule has 0 unspecified atom stereocenters. The number of carbonyl (C=O) groups excluding carboxylic acids is 1. The van der Waals surface area contributed by atoms with E-state index in [1.807, 2.05) is 6.07 Å². The average molecular weight is 176 g/mol. The van der Waals surface area contributed by atoms with Crippen molar-refractivity contribution in [3.63, 3.8) is 0 Å². The maximum Gasteiger partial charge on any atom is 0.196 e. The van der Waals surface area contributed by atoms with Crippen LogP contribution in [0.15, 0.2) is 12.3 Å².